The minimum Gasteiger partial charge on any atom is -0.331 e. The van der Waals surface area contributed by atoms with Crippen molar-refractivity contribution in [3.05, 3.63) is 35.4 Å². The Kier molecular flexibility index (Phi) is 4.59. The average molecular weight is 337 g/mol. The Hall–Kier alpha value is -1.60. The number of fused-ring (bicyclic) bond motifs is 1. The van der Waals surface area contributed by atoms with E-state index in [1.165, 1.54) is 17.4 Å². The highest BCUT2D eigenvalue weighted by Gasteiger charge is 2.28. The lowest BCUT2D eigenvalue weighted by molar-refractivity contribution is 0.176. The molecule has 3 rings (SSSR count). The summed E-state index contributed by atoms with van der Waals surface area (Å²) in [5.74, 6) is 0. The predicted molar refractivity (Wildman–Crippen MR) is 88.6 cm³/mol. The molecule has 23 heavy (non-hydrogen) atoms. The fourth-order valence-electron chi connectivity index (χ4n) is 3.45. The van der Waals surface area contributed by atoms with Gasteiger partial charge in [0.05, 0.1) is 12.3 Å². The quantitative estimate of drug-likeness (QED) is 0.875. The number of benzene rings is 1. The number of nitrogens with zero attached hydrogens (tertiary/aromatic N) is 1. The van der Waals surface area contributed by atoms with Crippen LogP contribution in [0.25, 0.3) is 0 Å². The molecule has 0 saturated carbocycles. The molecule has 1 unspecified atom stereocenters. The molecule has 1 aliphatic carbocycles. The normalized spacial score (nSPS) is 22.0. The Morgan fingerprint density at radius 1 is 1.17 bits per heavy atom. The molecule has 0 aromatic heterocycles. The molecule has 1 aromatic carbocycles. The van der Waals surface area contributed by atoms with Gasteiger partial charge in [-0.3, -0.25) is 0 Å². The first-order valence-corrected chi connectivity index (χ1v) is 9.92. The van der Waals surface area contributed by atoms with Crippen molar-refractivity contribution in [2.24, 2.45) is 0 Å². The number of hydrogen-bond donors (Lipinski definition) is 2. The Labute approximate surface area is 137 Å². The maximum absolute atomic E-state index is 12.4. The highest BCUT2D eigenvalue weighted by atomic mass is 32.2. The largest absolute Gasteiger partial charge is 0.331 e. The SMILES string of the molecule is CS(=O)(=O)NC1CCN(C(=O)NC2CCc3ccccc32)CC1. The smallest absolute Gasteiger partial charge is 0.317 e. The van der Waals surface area contributed by atoms with Gasteiger partial charge in [0.2, 0.25) is 10.0 Å². The summed E-state index contributed by atoms with van der Waals surface area (Å²) >= 11 is 0. The summed E-state index contributed by atoms with van der Waals surface area (Å²) in [4.78, 5) is 14.2. The number of piperidine rings is 1. The number of amides is 2. The number of rotatable bonds is 3. The van der Waals surface area contributed by atoms with Crippen LogP contribution in [0.2, 0.25) is 0 Å². The molecule has 2 N–H and O–H groups in total. The van der Waals surface area contributed by atoms with Crippen molar-refractivity contribution in [1.29, 1.82) is 0 Å². The molecule has 1 aliphatic heterocycles. The van der Waals surface area contributed by atoms with E-state index in [4.69, 9.17) is 0 Å². The maximum atomic E-state index is 12.4. The van der Waals surface area contributed by atoms with Crippen molar-refractivity contribution in [3.63, 3.8) is 0 Å². The van der Waals surface area contributed by atoms with E-state index in [-0.39, 0.29) is 18.1 Å². The van der Waals surface area contributed by atoms with Crippen LogP contribution < -0.4 is 10.0 Å². The van der Waals surface area contributed by atoms with Gasteiger partial charge in [-0.2, -0.15) is 0 Å². The summed E-state index contributed by atoms with van der Waals surface area (Å²) in [6.07, 6.45) is 4.42. The highest BCUT2D eigenvalue weighted by Crippen LogP contribution is 2.30. The van der Waals surface area contributed by atoms with Gasteiger partial charge < -0.3 is 10.2 Å². The first-order valence-electron chi connectivity index (χ1n) is 8.03. The second kappa shape index (κ2) is 6.49. The van der Waals surface area contributed by atoms with Gasteiger partial charge in [-0.05, 0) is 36.8 Å². The van der Waals surface area contributed by atoms with E-state index >= 15 is 0 Å². The van der Waals surface area contributed by atoms with Crippen molar-refractivity contribution in [3.8, 4) is 0 Å². The van der Waals surface area contributed by atoms with Crippen molar-refractivity contribution >= 4 is 16.1 Å². The molecule has 0 bridgehead atoms. The molecule has 1 fully saturated rings. The van der Waals surface area contributed by atoms with E-state index in [1.807, 2.05) is 12.1 Å². The van der Waals surface area contributed by atoms with Gasteiger partial charge >= 0.3 is 6.03 Å². The molecule has 126 valence electrons. The second-order valence-electron chi connectivity index (χ2n) is 6.39. The maximum Gasteiger partial charge on any atom is 0.317 e. The molecule has 1 heterocycles. The minimum atomic E-state index is -3.18. The molecule has 7 heteroatoms. The molecule has 2 aliphatic rings. The van der Waals surface area contributed by atoms with Crippen molar-refractivity contribution in [2.75, 3.05) is 19.3 Å². The molecule has 1 atom stereocenters. The summed E-state index contributed by atoms with van der Waals surface area (Å²) < 4.78 is 25.1. The van der Waals surface area contributed by atoms with E-state index in [9.17, 15) is 13.2 Å². The molecule has 1 saturated heterocycles. The zero-order valence-electron chi connectivity index (χ0n) is 13.3. The Morgan fingerprint density at radius 2 is 1.87 bits per heavy atom. The van der Waals surface area contributed by atoms with E-state index in [2.05, 4.69) is 22.2 Å². The van der Waals surface area contributed by atoms with Crippen LogP contribution >= 0.6 is 0 Å². The number of hydrogen-bond acceptors (Lipinski definition) is 3. The van der Waals surface area contributed by atoms with Gasteiger partial charge in [0.15, 0.2) is 0 Å². The molecule has 1 aromatic rings. The van der Waals surface area contributed by atoms with Crippen LogP contribution in [0.3, 0.4) is 0 Å². The zero-order valence-corrected chi connectivity index (χ0v) is 14.1. The van der Waals surface area contributed by atoms with Crippen molar-refractivity contribution < 1.29 is 13.2 Å². The lowest BCUT2D eigenvalue weighted by atomic mass is 10.1. The van der Waals surface area contributed by atoms with Gasteiger partial charge in [0, 0.05) is 19.1 Å². The minimum absolute atomic E-state index is 0.0514. The number of sulfonamides is 1. The van der Waals surface area contributed by atoms with E-state index < -0.39 is 10.0 Å². The van der Waals surface area contributed by atoms with Gasteiger partial charge in [-0.1, -0.05) is 24.3 Å². The lowest BCUT2D eigenvalue weighted by Gasteiger charge is -2.32. The standard InChI is InChI=1S/C16H23N3O3S/c1-23(21,22)18-13-8-10-19(11-9-13)16(20)17-15-7-6-12-4-2-3-5-14(12)15/h2-5,13,15,18H,6-11H2,1H3,(H,17,20). The van der Waals surface area contributed by atoms with E-state index in [0.29, 0.717) is 25.9 Å². The van der Waals surface area contributed by atoms with Crippen molar-refractivity contribution in [2.45, 2.75) is 37.8 Å². The summed E-state index contributed by atoms with van der Waals surface area (Å²) in [5.41, 5.74) is 2.53. The number of carbonyl (C=O) groups excluding carboxylic acids is 1. The number of likely N-dealkylation sites (tertiary alicyclic amines) is 1. The predicted octanol–water partition coefficient (Wildman–Crippen LogP) is 1.40. The van der Waals surface area contributed by atoms with Crippen LogP contribution in [-0.4, -0.2) is 44.7 Å². The fraction of sp³-hybridized carbons (Fsp3) is 0.562. The third-order valence-corrected chi connectivity index (χ3v) is 5.35. The van der Waals surface area contributed by atoms with Crippen LogP contribution in [-0.2, 0) is 16.4 Å². The van der Waals surface area contributed by atoms with Crippen LogP contribution in [0, 0.1) is 0 Å². The van der Waals surface area contributed by atoms with Gasteiger partial charge in [0.25, 0.3) is 0 Å². The summed E-state index contributed by atoms with van der Waals surface area (Å²) in [6, 6.07) is 8.20. The van der Waals surface area contributed by atoms with Crippen molar-refractivity contribution in [1.82, 2.24) is 14.9 Å². The highest BCUT2D eigenvalue weighted by molar-refractivity contribution is 7.88. The number of nitrogens with one attached hydrogen (secondary N) is 2. The third-order valence-electron chi connectivity index (χ3n) is 4.59. The second-order valence-corrected chi connectivity index (χ2v) is 8.17. The Balaban J connectivity index is 1.53. The first kappa shape index (κ1) is 16.3. The van der Waals surface area contributed by atoms with Crippen LogP contribution in [0.15, 0.2) is 24.3 Å². The fourth-order valence-corrected chi connectivity index (χ4v) is 4.29. The molecular formula is C16H23N3O3S. The first-order chi connectivity index (χ1) is 10.9. The molecular weight excluding hydrogens is 314 g/mol. The van der Waals surface area contributed by atoms with Gasteiger partial charge in [-0.15, -0.1) is 0 Å². The molecule has 6 nitrogen and oxygen atoms in total. The average Bonchev–Trinajstić information content (AvgIpc) is 2.90. The zero-order chi connectivity index (χ0) is 16.4. The monoisotopic (exact) mass is 337 g/mol. The summed E-state index contributed by atoms with van der Waals surface area (Å²) in [5, 5.41) is 3.12. The van der Waals surface area contributed by atoms with Gasteiger partial charge in [0.1, 0.15) is 0 Å². The van der Waals surface area contributed by atoms with Gasteiger partial charge in [-0.25, -0.2) is 17.9 Å². The number of carbonyl (C=O) groups is 1. The topological polar surface area (TPSA) is 78.5 Å². The van der Waals surface area contributed by atoms with E-state index in [0.717, 1.165) is 12.8 Å². The number of aryl methyl sites for hydroxylation is 1. The Bertz CT molecular complexity index is 682. The molecule has 0 radical (unpaired) electrons. The van der Waals surface area contributed by atoms with E-state index in [1.54, 1.807) is 4.90 Å². The number of urea groups is 1. The summed E-state index contributed by atoms with van der Waals surface area (Å²) in [6.45, 7) is 1.15. The lowest BCUT2D eigenvalue weighted by Crippen LogP contribution is -2.49. The molecule has 0 spiro atoms. The van der Waals surface area contributed by atoms with Crippen LogP contribution in [0.1, 0.15) is 36.4 Å². The summed E-state index contributed by atoms with van der Waals surface area (Å²) in [7, 11) is -3.18. The van der Waals surface area contributed by atoms with Crippen LogP contribution in [0.4, 0.5) is 4.79 Å². The third kappa shape index (κ3) is 4.03. The Morgan fingerprint density at radius 3 is 2.57 bits per heavy atom. The van der Waals surface area contributed by atoms with Crippen LogP contribution in [0.5, 0.6) is 0 Å². The molecule has 2 amide bonds.